The molecule has 1 aromatic heterocycles. The zero-order valence-corrected chi connectivity index (χ0v) is 14.8. The van der Waals surface area contributed by atoms with Gasteiger partial charge in [0.2, 0.25) is 5.91 Å². The summed E-state index contributed by atoms with van der Waals surface area (Å²) in [5.41, 5.74) is 1.28. The fraction of sp³-hybridized carbons (Fsp3) is 0.667. The zero-order chi connectivity index (χ0) is 16.4. The highest BCUT2D eigenvalue weighted by molar-refractivity contribution is 8.01. The van der Waals surface area contributed by atoms with Crippen LogP contribution in [0.15, 0.2) is 24.5 Å². The van der Waals surface area contributed by atoms with E-state index in [-0.39, 0.29) is 18.6 Å². The van der Waals surface area contributed by atoms with Crippen LogP contribution in [-0.4, -0.2) is 70.1 Å². The zero-order valence-electron chi connectivity index (χ0n) is 14.0. The molecule has 5 nitrogen and oxygen atoms in total. The molecule has 0 unspecified atom stereocenters. The summed E-state index contributed by atoms with van der Waals surface area (Å²) >= 11 is 2.03. The predicted octanol–water partition coefficient (Wildman–Crippen LogP) is 1.78. The number of carbonyl (C=O) groups is 1. The van der Waals surface area contributed by atoms with E-state index in [1.165, 1.54) is 5.56 Å². The van der Waals surface area contributed by atoms with Crippen LogP contribution in [0.2, 0.25) is 0 Å². The molecule has 3 fully saturated rings. The second kappa shape index (κ2) is 7.02. The topological polar surface area (TPSA) is 45.7 Å². The molecule has 3 saturated heterocycles. The van der Waals surface area contributed by atoms with Crippen LogP contribution >= 0.6 is 11.8 Å². The van der Waals surface area contributed by atoms with Crippen molar-refractivity contribution in [1.82, 2.24) is 14.8 Å². The Labute approximate surface area is 147 Å². The van der Waals surface area contributed by atoms with Crippen molar-refractivity contribution in [3.8, 4) is 0 Å². The van der Waals surface area contributed by atoms with E-state index in [0.29, 0.717) is 4.75 Å². The maximum atomic E-state index is 12.1. The first-order valence-corrected chi connectivity index (χ1v) is 9.86. The average Bonchev–Trinajstić information content (AvgIpc) is 3.23. The van der Waals surface area contributed by atoms with E-state index < -0.39 is 0 Å². The van der Waals surface area contributed by atoms with Gasteiger partial charge in [-0.05, 0) is 30.9 Å². The number of nitrogens with zero attached hydrogens (tertiary/aromatic N) is 3. The number of amides is 1. The number of carbonyl (C=O) groups excluding carboxylic acids is 1. The quantitative estimate of drug-likeness (QED) is 0.812. The van der Waals surface area contributed by atoms with Gasteiger partial charge < -0.3 is 9.64 Å². The van der Waals surface area contributed by atoms with Crippen molar-refractivity contribution in [1.29, 1.82) is 0 Å². The molecule has 1 aromatic rings. The Kier molecular flexibility index (Phi) is 4.79. The summed E-state index contributed by atoms with van der Waals surface area (Å²) in [7, 11) is 0. The molecule has 0 aliphatic carbocycles. The van der Waals surface area contributed by atoms with Gasteiger partial charge in [0.1, 0.15) is 6.61 Å². The van der Waals surface area contributed by atoms with Crippen LogP contribution in [-0.2, 0) is 16.1 Å². The lowest BCUT2D eigenvalue weighted by Crippen LogP contribution is -2.58. The van der Waals surface area contributed by atoms with Gasteiger partial charge in [-0.25, -0.2) is 0 Å². The van der Waals surface area contributed by atoms with Crippen LogP contribution < -0.4 is 0 Å². The van der Waals surface area contributed by atoms with Crippen LogP contribution in [0.1, 0.15) is 24.8 Å². The van der Waals surface area contributed by atoms with Crippen LogP contribution in [0.3, 0.4) is 0 Å². The van der Waals surface area contributed by atoms with Gasteiger partial charge in [-0.1, -0.05) is 6.07 Å². The summed E-state index contributed by atoms with van der Waals surface area (Å²) < 4.78 is 6.27. The predicted molar refractivity (Wildman–Crippen MR) is 94.9 cm³/mol. The largest absolute Gasteiger partial charge is 0.367 e. The first kappa shape index (κ1) is 16.4. The normalized spacial score (nSPS) is 26.0. The number of ether oxygens (including phenoxy) is 1. The van der Waals surface area contributed by atoms with E-state index in [4.69, 9.17) is 4.74 Å². The molecule has 0 radical (unpaired) electrons. The molecule has 0 saturated carbocycles. The van der Waals surface area contributed by atoms with Crippen molar-refractivity contribution >= 4 is 17.7 Å². The molecule has 1 atom stereocenters. The Hall–Kier alpha value is -1.11. The fourth-order valence-electron chi connectivity index (χ4n) is 4.01. The van der Waals surface area contributed by atoms with Gasteiger partial charge in [0.05, 0.1) is 6.10 Å². The number of hydrogen-bond donors (Lipinski definition) is 0. The number of pyridine rings is 1. The van der Waals surface area contributed by atoms with Crippen molar-refractivity contribution in [2.45, 2.75) is 36.7 Å². The maximum absolute atomic E-state index is 12.1. The number of thioether (sulfide) groups is 1. The third-order valence-corrected chi connectivity index (χ3v) is 6.80. The smallest absolute Gasteiger partial charge is 0.248 e. The molecule has 1 amide bonds. The van der Waals surface area contributed by atoms with Gasteiger partial charge in [0.15, 0.2) is 0 Å². The van der Waals surface area contributed by atoms with Gasteiger partial charge in [-0.3, -0.25) is 14.7 Å². The average molecular weight is 347 g/mol. The summed E-state index contributed by atoms with van der Waals surface area (Å²) in [5.74, 6) is 1.19. The SMILES string of the molecule is O=C(CO[C@@H]1CSC2(C1)CN(Cc1cccnc1)C2)N1CCCC1. The van der Waals surface area contributed by atoms with Gasteiger partial charge >= 0.3 is 0 Å². The van der Waals surface area contributed by atoms with Crippen molar-refractivity contribution in [2.75, 3.05) is 38.5 Å². The summed E-state index contributed by atoms with van der Waals surface area (Å²) in [6, 6.07) is 4.13. The minimum atomic E-state index is 0.172. The van der Waals surface area contributed by atoms with Crippen LogP contribution in [0, 0.1) is 0 Å². The molecule has 24 heavy (non-hydrogen) atoms. The van der Waals surface area contributed by atoms with E-state index in [1.54, 1.807) is 0 Å². The Morgan fingerprint density at radius 3 is 2.96 bits per heavy atom. The minimum absolute atomic E-state index is 0.172. The van der Waals surface area contributed by atoms with E-state index in [0.717, 1.165) is 57.7 Å². The molecule has 0 N–H and O–H groups in total. The van der Waals surface area contributed by atoms with Crippen LogP contribution in [0.25, 0.3) is 0 Å². The third-order valence-electron chi connectivity index (χ3n) is 5.23. The molecule has 3 aliphatic rings. The lowest BCUT2D eigenvalue weighted by molar-refractivity contribution is -0.136. The van der Waals surface area contributed by atoms with Crippen molar-refractivity contribution in [3.05, 3.63) is 30.1 Å². The lowest BCUT2D eigenvalue weighted by Gasteiger charge is -2.47. The molecule has 4 rings (SSSR count). The molecule has 3 aliphatic heterocycles. The Balaban J connectivity index is 1.19. The standard InChI is InChI=1S/C18H25N3O2S/c22-17(21-6-1-2-7-21)11-23-16-8-18(24-12-16)13-20(14-18)10-15-4-3-5-19-9-15/h3-5,9,16H,1-2,6-8,10-14H2/t16-/m0/s1. The van der Waals surface area contributed by atoms with Crippen molar-refractivity contribution in [2.24, 2.45) is 0 Å². The molecule has 130 valence electrons. The number of aromatic nitrogens is 1. The summed E-state index contributed by atoms with van der Waals surface area (Å²) in [6.45, 7) is 5.30. The van der Waals surface area contributed by atoms with Gasteiger partial charge in [-0.2, -0.15) is 0 Å². The van der Waals surface area contributed by atoms with Gasteiger partial charge in [-0.15, -0.1) is 11.8 Å². The van der Waals surface area contributed by atoms with E-state index in [1.807, 2.05) is 35.1 Å². The van der Waals surface area contributed by atoms with Gasteiger partial charge in [0, 0.05) is 55.6 Å². The first-order chi connectivity index (χ1) is 11.7. The van der Waals surface area contributed by atoms with Crippen molar-refractivity contribution < 1.29 is 9.53 Å². The number of rotatable bonds is 5. The molecule has 6 heteroatoms. The third kappa shape index (κ3) is 3.60. The molecule has 4 heterocycles. The Morgan fingerprint density at radius 2 is 2.21 bits per heavy atom. The second-order valence-corrected chi connectivity index (χ2v) is 8.71. The molecular weight excluding hydrogens is 322 g/mol. The second-order valence-electron chi connectivity index (χ2n) is 7.23. The van der Waals surface area contributed by atoms with Crippen LogP contribution in [0.4, 0.5) is 0 Å². The molecule has 1 spiro atoms. The first-order valence-electron chi connectivity index (χ1n) is 8.87. The Morgan fingerprint density at radius 1 is 1.38 bits per heavy atom. The molecular formula is C18H25N3O2S. The van der Waals surface area contributed by atoms with Crippen LogP contribution in [0.5, 0.6) is 0 Å². The number of hydrogen-bond acceptors (Lipinski definition) is 5. The molecule has 0 bridgehead atoms. The highest BCUT2D eigenvalue weighted by Gasteiger charge is 2.49. The summed E-state index contributed by atoms with van der Waals surface area (Å²) in [5, 5.41) is 0. The minimum Gasteiger partial charge on any atom is -0.367 e. The van der Waals surface area contributed by atoms with Crippen molar-refractivity contribution in [3.63, 3.8) is 0 Å². The van der Waals surface area contributed by atoms with E-state index in [2.05, 4.69) is 16.0 Å². The van der Waals surface area contributed by atoms with E-state index in [9.17, 15) is 4.79 Å². The highest BCUT2D eigenvalue weighted by Crippen LogP contribution is 2.46. The fourth-order valence-corrected chi connectivity index (χ4v) is 5.61. The van der Waals surface area contributed by atoms with E-state index >= 15 is 0 Å². The van der Waals surface area contributed by atoms with Gasteiger partial charge in [0.25, 0.3) is 0 Å². The summed E-state index contributed by atoms with van der Waals surface area (Å²) in [4.78, 5) is 20.7. The maximum Gasteiger partial charge on any atom is 0.248 e. The summed E-state index contributed by atoms with van der Waals surface area (Å²) in [6.07, 6.45) is 7.36. The molecule has 0 aromatic carbocycles. The lowest BCUT2D eigenvalue weighted by atomic mass is 9.92. The highest BCUT2D eigenvalue weighted by atomic mass is 32.2. The number of likely N-dealkylation sites (tertiary alicyclic amines) is 2. The Bertz CT molecular complexity index is 571. The monoisotopic (exact) mass is 347 g/mol.